The van der Waals surface area contributed by atoms with E-state index < -0.39 is 0 Å². The summed E-state index contributed by atoms with van der Waals surface area (Å²) >= 11 is 0. The molecule has 4 nitrogen and oxygen atoms in total. The monoisotopic (exact) mass is 262 g/mol. The number of rotatable bonds is 6. The minimum absolute atomic E-state index is 0.818. The zero-order valence-corrected chi connectivity index (χ0v) is 12.2. The van der Waals surface area contributed by atoms with Gasteiger partial charge < -0.3 is 10.6 Å². The molecule has 0 aliphatic heterocycles. The highest BCUT2D eigenvalue weighted by Gasteiger charge is 2.12. The molecule has 0 atom stereocenters. The largest absolute Gasteiger partial charge is 0.370 e. The number of aryl methyl sites for hydroxylation is 1. The Kier molecular flexibility index (Phi) is 5.43. The highest BCUT2D eigenvalue weighted by molar-refractivity contribution is 5.47. The Balaban J connectivity index is 1.81. The van der Waals surface area contributed by atoms with E-state index in [4.69, 9.17) is 0 Å². The number of nitrogens with one attached hydrogen (secondary N) is 2. The van der Waals surface area contributed by atoms with Crippen LogP contribution in [0.2, 0.25) is 0 Å². The second-order valence-corrected chi connectivity index (χ2v) is 5.44. The van der Waals surface area contributed by atoms with Crippen LogP contribution >= 0.6 is 0 Å². The maximum Gasteiger partial charge on any atom is 0.131 e. The van der Waals surface area contributed by atoms with Crippen molar-refractivity contribution >= 4 is 11.6 Å². The van der Waals surface area contributed by atoms with Crippen molar-refractivity contribution in [3.8, 4) is 0 Å². The summed E-state index contributed by atoms with van der Waals surface area (Å²) in [7, 11) is 0. The van der Waals surface area contributed by atoms with Gasteiger partial charge in [-0.25, -0.2) is 9.97 Å². The van der Waals surface area contributed by atoms with Crippen LogP contribution in [-0.2, 0) is 0 Å². The Morgan fingerprint density at radius 3 is 2.47 bits per heavy atom. The molecule has 4 heteroatoms. The molecule has 1 aliphatic carbocycles. The van der Waals surface area contributed by atoms with Crippen molar-refractivity contribution in [1.29, 1.82) is 0 Å². The number of anilines is 2. The third-order valence-corrected chi connectivity index (χ3v) is 3.78. The van der Waals surface area contributed by atoms with Crippen LogP contribution in [0.4, 0.5) is 11.6 Å². The van der Waals surface area contributed by atoms with Crippen LogP contribution in [0, 0.1) is 12.8 Å². The van der Waals surface area contributed by atoms with E-state index in [9.17, 15) is 0 Å². The summed E-state index contributed by atoms with van der Waals surface area (Å²) in [5, 5.41) is 6.68. The molecule has 0 aromatic carbocycles. The maximum atomic E-state index is 4.44. The maximum absolute atomic E-state index is 4.44. The van der Waals surface area contributed by atoms with Crippen molar-refractivity contribution in [1.82, 2.24) is 9.97 Å². The quantitative estimate of drug-likeness (QED) is 0.822. The zero-order chi connectivity index (χ0) is 13.5. The number of nitrogens with zero attached hydrogens (tertiary/aromatic N) is 2. The fourth-order valence-corrected chi connectivity index (χ4v) is 2.81. The van der Waals surface area contributed by atoms with Crippen molar-refractivity contribution in [2.45, 2.75) is 52.4 Å². The van der Waals surface area contributed by atoms with Gasteiger partial charge in [-0.1, -0.05) is 32.1 Å². The van der Waals surface area contributed by atoms with Gasteiger partial charge in [-0.15, -0.1) is 0 Å². The normalized spacial score (nSPS) is 16.3. The molecular formula is C15H26N4. The van der Waals surface area contributed by atoms with E-state index in [0.717, 1.165) is 36.5 Å². The minimum atomic E-state index is 0.818. The van der Waals surface area contributed by atoms with Crippen LogP contribution in [0.3, 0.4) is 0 Å². The smallest absolute Gasteiger partial charge is 0.131 e. The Bertz CT molecular complexity index is 386. The molecule has 2 rings (SSSR count). The van der Waals surface area contributed by atoms with Gasteiger partial charge in [0.1, 0.15) is 17.5 Å². The van der Waals surface area contributed by atoms with Crippen LogP contribution in [0.5, 0.6) is 0 Å². The first-order chi connectivity index (χ1) is 9.28. The summed E-state index contributed by atoms with van der Waals surface area (Å²) in [6, 6.07) is 2.00. The molecule has 106 valence electrons. The first kappa shape index (κ1) is 14.1. The van der Waals surface area contributed by atoms with Crippen LogP contribution in [0.1, 0.15) is 51.3 Å². The van der Waals surface area contributed by atoms with E-state index >= 15 is 0 Å². The average Bonchev–Trinajstić information content (AvgIpc) is 2.40. The Hall–Kier alpha value is -1.32. The minimum Gasteiger partial charge on any atom is -0.370 e. The molecule has 0 unspecified atom stereocenters. The summed E-state index contributed by atoms with van der Waals surface area (Å²) in [6.07, 6.45) is 8.35. The highest BCUT2D eigenvalue weighted by atomic mass is 15.1. The number of hydrogen-bond donors (Lipinski definition) is 2. The molecule has 1 aliphatic rings. The lowest BCUT2D eigenvalue weighted by Crippen LogP contribution is -2.13. The fraction of sp³-hybridized carbons (Fsp3) is 0.733. The van der Waals surface area contributed by atoms with Crippen molar-refractivity contribution in [3.63, 3.8) is 0 Å². The molecule has 1 aromatic rings. The molecule has 19 heavy (non-hydrogen) atoms. The second kappa shape index (κ2) is 7.31. The number of hydrogen-bond acceptors (Lipinski definition) is 4. The Morgan fingerprint density at radius 1 is 1.11 bits per heavy atom. The van der Waals surface area contributed by atoms with Crippen LogP contribution < -0.4 is 10.6 Å². The molecule has 1 aromatic heterocycles. The van der Waals surface area contributed by atoms with Gasteiger partial charge >= 0.3 is 0 Å². The fourth-order valence-electron chi connectivity index (χ4n) is 2.81. The van der Waals surface area contributed by atoms with Gasteiger partial charge in [0, 0.05) is 19.2 Å². The van der Waals surface area contributed by atoms with Crippen molar-refractivity contribution in [3.05, 3.63) is 11.9 Å². The van der Waals surface area contributed by atoms with Gasteiger partial charge in [-0.2, -0.15) is 0 Å². The summed E-state index contributed by atoms with van der Waals surface area (Å²) < 4.78 is 0. The summed E-state index contributed by atoms with van der Waals surface area (Å²) in [5.74, 6) is 3.59. The van der Waals surface area contributed by atoms with E-state index in [-0.39, 0.29) is 0 Å². The number of aromatic nitrogens is 2. The Labute approximate surface area is 116 Å². The topological polar surface area (TPSA) is 49.8 Å². The Morgan fingerprint density at radius 2 is 1.79 bits per heavy atom. The first-order valence-electron chi connectivity index (χ1n) is 7.61. The highest BCUT2D eigenvalue weighted by Crippen LogP contribution is 2.26. The van der Waals surface area contributed by atoms with Crippen LogP contribution in [0.15, 0.2) is 6.07 Å². The first-order valence-corrected chi connectivity index (χ1v) is 7.61. The predicted molar refractivity (Wildman–Crippen MR) is 80.6 cm³/mol. The molecule has 0 radical (unpaired) electrons. The van der Waals surface area contributed by atoms with E-state index in [1.165, 1.54) is 38.5 Å². The van der Waals surface area contributed by atoms with Crippen LogP contribution in [-0.4, -0.2) is 23.1 Å². The molecule has 1 saturated carbocycles. The lowest BCUT2D eigenvalue weighted by molar-refractivity contribution is 0.345. The van der Waals surface area contributed by atoms with Gasteiger partial charge in [-0.05, 0) is 26.2 Å². The molecule has 1 fully saturated rings. The lowest BCUT2D eigenvalue weighted by Gasteiger charge is -2.21. The van der Waals surface area contributed by atoms with Gasteiger partial charge in [0.2, 0.25) is 0 Å². The standard InChI is InChI=1S/C15H26N4/c1-3-16-14-11-15(19-12(2)18-14)17-10-9-13-7-5-4-6-8-13/h11,13H,3-10H2,1-2H3,(H2,16,17,18,19). The van der Waals surface area contributed by atoms with Crippen molar-refractivity contribution in [2.75, 3.05) is 23.7 Å². The van der Waals surface area contributed by atoms with Gasteiger partial charge in [0.25, 0.3) is 0 Å². The molecule has 0 amide bonds. The average molecular weight is 262 g/mol. The van der Waals surface area contributed by atoms with Gasteiger partial charge in [0.15, 0.2) is 0 Å². The second-order valence-electron chi connectivity index (χ2n) is 5.44. The van der Waals surface area contributed by atoms with E-state index in [2.05, 4.69) is 27.5 Å². The van der Waals surface area contributed by atoms with Crippen molar-refractivity contribution in [2.24, 2.45) is 5.92 Å². The van der Waals surface area contributed by atoms with E-state index in [0.29, 0.717) is 0 Å². The SMILES string of the molecule is CCNc1cc(NCCC2CCCCC2)nc(C)n1. The van der Waals surface area contributed by atoms with E-state index in [1.54, 1.807) is 0 Å². The molecule has 2 N–H and O–H groups in total. The molecule has 1 heterocycles. The predicted octanol–water partition coefficient (Wildman–Crippen LogP) is 3.60. The summed E-state index contributed by atoms with van der Waals surface area (Å²) in [5.41, 5.74) is 0. The third kappa shape index (κ3) is 4.69. The third-order valence-electron chi connectivity index (χ3n) is 3.78. The molecule has 0 bridgehead atoms. The summed E-state index contributed by atoms with van der Waals surface area (Å²) in [4.78, 5) is 8.80. The summed E-state index contributed by atoms with van der Waals surface area (Å²) in [6.45, 7) is 5.92. The molecular weight excluding hydrogens is 236 g/mol. The zero-order valence-electron chi connectivity index (χ0n) is 12.2. The van der Waals surface area contributed by atoms with Gasteiger partial charge in [-0.3, -0.25) is 0 Å². The molecule has 0 saturated heterocycles. The van der Waals surface area contributed by atoms with Gasteiger partial charge in [0.05, 0.1) is 0 Å². The lowest BCUT2D eigenvalue weighted by atomic mass is 9.87. The van der Waals surface area contributed by atoms with Crippen LogP contribution in [0.25, 0.3) is 0 Å². The van der Waals surface area contributed by atoms with Crippen molar-refractivity contribution < 1.29 is 0 Å². The molecule has 0 spiro atoms. The van der Waals surface area contributed by atoms with E-state index in [1.807, 2.05) is 13.0 Å².